The molecule has 11 heteroatoms. The predicted octanol–water partition coefficient (Wildman–Crippen LogP) is 6.15. The maximum atomic E-state index is 13.5. The fourth-order valence-corrected chi connectivity index (χ4v) is 3.41. The molecule has 2 N–H and O–H groups in total. The highest BCUT2D eigenvalue weighted by Crippen LogP contribution is 2.37. The average molecular weight is 507 g/mol. The molecule has 36 heavy (non-hydrogen) atoms. The molecular weight excluding hydrogens is 485 g/mol. The zero-order valence-corrected chi connectivity index (χ0v) is 19.4. The lowest BCUT2D eigenvalue weighted by Crippen LogP contribution is -2.47. The number of hydrogen-bond acceptors (Lipinski definition) is 5. The third-order valence-electron chi connectivity index (χ3n) is 5.45. The molecule has 3 aromatic rings. The monoisotopic (exact) mass is 507 g/mol. The van der Waals surface area contributed by atoms with Gasteiger partial charge in [0.1, 0.15) is 0 Å². The van der Waals surface area contributed by atoms with Gasteiger partial charge in [-0.1, -0.05) is 42.5 Å². The molecule has 3 rings (SSSR count). The third-order valence-corrected chi connectivity index (χ3v) is 5.45. The number of alkyl halides is 5. The Morgan fingerprint density at radius 2 is 1.61 bits per heavy atom. The molecule has 0 radical (unpaired) electrons. The lowest BCUT2D eigenvalue weighted by Gasteiger charge is -2.22. The number of anilines is 2. The van der Waals surface area contributed by atoms with E-state index in [1.54, 1.807) is 60.8 Å². The normalized spacial score (nSPS) is 12.6. The fraction of sp³-hybridized carbons (Fsp3) is 0.240. The molecule has 0 aliphatic heterocycles. The molecule has 1 heterocycles. The van der Waals surface area contributed by atoms with Crippen LogP contribution in [0.3, 0.4) is 0 Å². The maximum absolute atomic E-state index is 13.5. The van der Waals surface area contributed by atoms with Crippen LogP contribution in [0.1, 0.15) is 34.5 Å². The number of nitrogens with one attached hydrogen (secondary N) is 2. The Labute approximate surface area is 203 Å². The predicted molar refractivity (Wildman–Crippen MR) is 124 cm³/mol. The minimum absolute atomic E-state index is 0.0751. The smallest absolute Gasteiger partial charge is 0.463 e. The molecule has 0 fully saturated rings. The average Bonchev–Trinajstić information content (AvgIpc) is 2.84. The van der Waals surface area contributed by atoms with Crippen LogP contribution in [0.15, 0.2) is 60.8 Å². The van der Waals surface area contributed by atoms with E-state index in [1.165, 1.54) is 26.3 Å². The topological polar surface area (TPSA) is 80.3 Å². The van der Waals surface area contributed by atoms with Crippen LogP contribution in [0, 0.1) is 6.92 Å². The van der Waals surface area contributed by atoms with Crippen LogP contribution in [-0.2, 0) is 9.53 Å². The first-order chi connectivity index (χ1) is 16.9. The van der Waals surface area contributed by atoms with E-state index in [2.05, 4.69) is 10.3 Å². The number of benzene rings is 2. The zero-order valence-electron chi connectivity index (χ0n) is 19.4. The summed E-state index contributed by atoms with van der Waals surface area (Å²) >= 11 is 0. The lowest BCUT2D eigenvalue weighted by molar-refractivity contribution is -0.267. The summed E-state index contributed by atoms with van der Waals surface area (Å²) < 4.78 is 69.6. The number of hydrogen-bond donors (Lipinski definition) is 2. The van der Waals surface area contributed by atoms with Gasteiger partial charge < -0.3 is 15.4 Å². The highest BCUT2D eigenvalue weighted by atomic mass is 19.4. The van der Waals surface area contributed by atoms with E-state index in [-0.39, 0.29) is 17.1 Å². The van der Waals surface area contributed by atoms with Crippen molar-refractivity contribution < 1.29 is 36.3 Å². The van der Waals surface area contributed by atoms with Crippen LogP contribution in [0.25, 0.3) is 11.1 Å². The number of methoxy groups -OCH3 is 1. The summed E-state index contributed by atoms with van der Waals surface area (Å²) in [4.78, 5) is 27.8. The van der Waals surface area contributed by atoms with Gasteiger partial charge in [-0.15, -0.1) is 0 Å². The number of pyridine rings is 1. The number of rotatable bonds is 7. The van der Waals surface area contributed by atoms with E-state index in [4.69, 9.17) is 4.74 Å². The van der Waals surface area contributed by atoms with Gasteiger partial charge in [0.2, 0.25) is 0 Å². The van der Waals surface area contributed by atoms with Crippen LogP contribution in [0.2, 0.25) is 0 Å². The van der Waals surface area contributed by atoms with Crippen LogP contribution in [0.5, 0.6) is 0 Å². The van der Waals surface area contributed by atoms with Gasteiger partial charge >= 0.3 is 24.0 Å². The highest BCUT2D eigenvalue weighted by Gasteiger charge is 2.63. The Balaban J connectivity index is 1.84. The molecule has 0 saturated heterocycles. The van der Waals surface area contributed by atoms with E-state index in [0.29, 0.717) is 11.1 Å². The van der Waals surface area contributed by atoms with Crippen molar-refractivity contribution in [1.82, 2.24) is 4.98 Å². The van der Waals surface area contributed by atoms with Crippen LogP contribution < -0.4 is 10.6 Å². The molecular formula is C25H22F5N3O3. The van der Waals surface area contributed by atoms with Crippen LogP contribution in [0.4, 0.5) is 33.5 Å². The summed E-state index contributed by atoms with van der Waals surface area (Å²) in [6, 6.07) is 14.8. The van der Waals surface area contributed by atoms with Crippen molar-refractivity contribution in [3.63, 3.8) is 0 Å². The number of amides is 1. The largest absolute Gasteiger partial charge is 0.465 e. The molecule has 190 valence electrons. The Kier molecular flexibility index (Phi) is 7.61. The summed E-state index contributed by atoms with van der Waals surface area (Å²) in [5, 5.41) is 4.59. The van der Waals surface area contributed by atoms with Gasteiger partial charge in [-0.25, -0.2) is 9.78 Å². The van der Waals surface area contributed by atoms with Gasteiger partial charge in [0.15, 0.2) is 5.82 Å². The summed E-state index contributed by atoms with van der Waals surface area (Å²) in [6.07, 6.45) is -4.71. The molecule has 0 aliphatic carbocycles. The number of ether oxygens (including phenoxy) is 1. The van der Waals surface area contributed by atoms with E-state index in [0.717, 1.165) is 11.1 Å². The fourth-order valence-electron chi connectivity index (χ4n) is 3.41. The molecule has 1 unspecified atom stereocenters. The summed E-state index contributed by atoms with van der Waals surface area (Å²) in [7, 11) is 1.29. The van der Waals surface area contributed by atoms with Gasteiger partial charge in [-0.2, -0.15) is 22.0 Å². The summed E-state index contributed by atoms with van der Waals surface area (Å²) in [6.45, 7) is 3.16. The van der Waals surface area contributed by atoms with Gasteiger partial charge in [0.05, 0.1) is 24.4 Å². The molecule has 6 nitrogen and oxygen atoms in total. The van der Waals surface area contributed by atoms with Crippen molar-refractivity contribution in [1.29, 1.82) is 0 Å². The Morgan fingerprint density at radius 1 is 0.972 bits per heavy atom. The second-order valence-corrected chi connectivity index (χ2v) is 7.90. The van der Waals surface area contributed by atoms with Gasteiger partial charge in [-0.05, 0) is 48.2 Å². The molecule has 1 aromatic heterocycles. The number of aromatic nitrogens is 1. The first-order valence-electron chi connectivity index (χ1n) is 10.6. The number of nitrogens with zero attached hydrogens (tertiary/aromatic N) is 1. The van der Waals surface area contributed by atoms with Gasteiger partial charge in [-0.3, -0.25) is 4.79 Å². The molecule has 2 aromatic carbocycles. The van der Waals surface area contributed by atoms with Crippen molar-refractivity contribution in [2.45, 2.75) is 32.0 Å². The number of esters is 1. The molecule has 0 saturated carbocycles. The minimum atomic E-state index is -6.04. The SMILES string of the molecule is COC(=O)c1ccccc1-c1ccc(C(C)Nc2nccc(C)c2NC(=O)C(F)(F)C(F)(F)F)cc1. The number of carbonyl (C=O) groups excluding carboxylic acids is 2. The van der Waals surface area contributed by atoms with E-state index in [9.17, 15) is 31.5 Å². The number of carbonyl (C=O) groups is 2. The Hall–Kier alpha value is -4.02. The lowest BCUT2D eigenvalue weighted by atomic mass is 9.97. The van der Waals surface area contributed by atoms with E-state index in [1.807, 2.05) is 0 Å². The second kappa shape index (κ2) is 10.3. The first kappa shape index (κ1) is 26.6. The van der Waals surface area contributed by atoms with Crippen LogP contribution in [-0.4, -0.2) is 36.1 Å². The molecule has 1 amide bonds. The zero-order chi connectivity index (χ0) is 26.7. The van der Waals surface area contributed by atoms with Crippen molar-refractivity contribution in [3.8, 4) is 11.1 Å². The minimum Gasteiger partial charge on any atom is -0.465 e. The van der Waals surface area contributed by atoms with Crippen molar-refractivity contribution in [2.24, 2.45) is 0 Å². The maximum Gasteiger partial charge on any atom is 0.463 e. The molecule has 1 atom stereocenters. The number of halogens is 5. The van der Waals surface area contributed by atoms with Crippen molar-refractivity contribution in [2.75, 3.05) is 17.7 Å². The molecule has 0 spiro atoms. The van der Waals surface area contributed by atoms with Crippen LogP contribution >= 0.6 is 0 Å². The standard InChI is InChI=1S/C25H22F5N3O3/c1-14-12-13-31-21(20(14)33-23(35)24(26,27)25(28,29)30)32-15(2)16-8-10-17(11-9-16)18-6-4-5-7-19(18)22(34)36-3/h4-13,15H,1-3H3,(H,31,32)(H,33,35). The Bertz CT molecular complexity index is 1260. The van der Waals surface area contributed by atoms with Gasteiger partial charge in [0.25, 0.3) is 0 Å². The third kappa shape index (κ3) is 5.45. The summed E-state index contributed by atoms with van der Waals surface area (Å²) in [5.74, 6) is -8.64. The van der Waals surface area contributed by atoms with E-state index < -0.39 is 30.0 Å². The van der Waals surface area contributed by atoms with Crippen molar-refractivity contribution in [3.05, 3.63) is 77.5 Å². The van der Waals surface area contributed by atoms with E-state index >= 15 is 0 Å². The Morgan fingerprint density at radius 3 is 2.22 bits per heavy atom. The van der Waals surface area contributed by atoms with Gasteiger partial charge in [0, 0.05) is 6.20 Å². The quantitative estimate of drug-likeness (QED) is 0.296. The molecule has 0 bridgehead atoms. The first-order valence-corrected chi connectivity index (χ1v) is 10.6. The van der Waals surface area contributed by atoms with Crippen molar-refractivity contribution >= 4 is 23.4 Å². The summed E-state index contributed by atoms with van der Waals surface area (Å²) in [5.41, 5.74) is 2.45. The molecule has 0 aliphatic rings. The highest BCUT2D eigenvalue weighted by molar-refractivity contribution is 5.99. The second-order valence-electron chi connectivity index (χ2n) is 7.90. The number of aryl methyl sites for hydroxylation is 1.